The molecule has 2 amide bonds. The molecule has 0 spiro atoms. The van der Waals surface area contributed by atoms with Crippen LogP contribution in [0, 0.1) is 5.82 Å². The molecular weight excluding hydrogens is 545 g/mol. The molecule has 1 aliphatic heterocycles. The Balaban J connectivity index is 1.52. The number of carbonyl (C=O) groups excluding carboxylic acids is 2. The second-order valence-electron chi connectivity index (χ2n) is 9.31. The molecule has 1 aromatic heterocycles. The summed E-state index contributed by atoms with van der Waals surface area (Å²) in [5, 5.41) is 0.384. The Morgan fingerprint density at radius 1 is 1.05 bits per heavy atom. The molecule has 0 unspecified atom stereocenters. The molecule has 2 aromatic carbocycles. The second kappa shape index (κ2) is 12.4. The predicted octanol–water partition coefficient (Wildman–Crippen LogP) is 3.50. The molecule has 0 aliphatic carbocycles. The van der Waals surface area contributed by atoms with E-state index in [1.807, 2.05) is 19.0 Å². The number of ether oxygens (including phenoxy) is 1. The van der Waals surface area contributed by atoms with E-state index in [-0.39, 0.29) is 49.1 Å². The molecule has 1 fully saturated rings. The van der Waals surface area contributed by atoms with E-state index in [4.69, 9.17) is 4.74 Å². The smallest absolute Gasteiger partial charge is 0.409 e. The van der Waals surface area contributed by atoms with Crippen LogP contribution in [-0.4, -0.2) is 99.5 Å². The first-order valence-electron chi connectivity index (χ1n) is 12.7. The first-order chi connectivity index (χ1) is 18.6. The van der Waals surface area contributed by atoms with E-state index in [0.29, 0.717) is 28.4 Å². The van der Waals surface area contributed by atoms with Crippen molar-refractivity contribution in [2.75, 3.05) is 64.9 Å². The largest absolute Gasteiger partial charge is 0.450 e. The predicted molar refractivity (Wildman–Crippen MR) is 148 cm³/mol. The number of piperazine rings is 1. The van der Waals surface area contributed by atoms with Gasteiger partial charge in [0.15, 0.2) is 5.13 Å². The number of nitrogens with zero attached hydrogens (tertiary/aromatic N) is 5. The van der Waals surface area contributed by atoms with Crippen molar-refractivity contribution in [3.63, 3.8) is 0 Å². The van der Waals surface area contributed by atoms with Crippen molar-refractivity contribution >= 4 is 48.7 Å². The highest BCUT2D eigenvalue weighted by atomic mass is 32.2. The number of fused-ring (bicyclic) bond motifs is 1. The Hall–Kier alpha value is -3.13. The molecule has 4 rings (SSSR count). The van der Waals surface area contributed by atoms with Gasteiger partial charge in [-0.05, 0) is 70.4 Å². The molecular formula is C26H32FN5O5S2. The van der Waals surface area contributed by atoms with Crippen LogP contribution in [0.2, 0.25) is 0 Å². The van der Waals surface area contributed by atoms with Crippen LogP contribution in [0.5, 0.6) is 0 Å². The van der Waals surface area contributed by atoms with Crippen LogP contribution >= 0.6 is 11.3 Å². The van der Waals surface area contributed by atoms with Gasteiger partial charge in [-0.25, -0.2) is 22.6 Å². The van der Waals surface area contributed by atoms with E-state index >= 15 is 0 Å². The summed E-state index contributed by atoms with van der Waals surface area (Å²) in [5.41, 5.74) is 0.512. The number of carbonyl (C=O) groups is 2. The van der Waals surface area contributed by atoms with Crippen LogP contribution in [-0.2, 0) is 14.8 Å². The molecule has 0 N–H and O–H groups in total. The van der Waals surface area contributed by atoms with Crippen LogP contribution in [0.4, 0.5) is 14.3 Å². The highest BCUT2D eigenvalue weighted by Crippen LogP contribution is 2.31. The van der Waals surface area contributed by atoms with Gasteiger partial charge in [-0.2, -0.15) is 4.31 Å². The van der Waals surface area contributed by atoms with Gasteiger partial charge in [0.2, 0.25) is 10.0 Å². The van der Waals surface area contributed by atoms with Crippen molar-refractivity contribution in [3.05, 3.63) is 53.8 Å². The molecule has 13 heteroatoms. The maximum absolute atomic E-state index is 14.3. The van der Waals surface area contributed by atoms with Crippen LogP contribution in [0.3, 0.4) is 0 Å². The van der Waals surface area contributed by atoms with Crippen LogP contribution < -0.4 is 4.90 Å². The van der Waals surface area contributed by atoms with Gasteiger partial charge in [0.1, 0.15) is 11.3 Å². The van der Waals surface area contributed by atoms with Crippen molar-refractivity contribution in [2.24, 2.45) is 0 Å². The Bertz CT molecular complexity index is 1420. The number of amides is 2. The van der Waals surface area contributed by atoms with Gasteiger partial charge in [0.05, 0.1) is 16.2 Å². The Labute approximate surface area is 231 Å². The number of anilines is 1. The first-order valence-corrected chi connectivity index (χ1v) is 14.9. The maximum atomic E-state index is 14.3. The van der Waals surface area contributed by atoms with E-state index in [9.17, 15) is 22.4 Å². The van der Waals surface area contributed by atoms with E-state index in [1.165, 1.54) is 55.8 Å². The lowest BCUT2D eigenvalue weighted by Crippen LogP contribution is -2.50. The van der Waals surface area contributed by atoms with Gasteiger partial charge in [0.25, 0.3) is 5.91 Å². The van der Waals surface area contributed by atoms with Crippen LogP contribution in [0.1, 0.15) is 23.7 Å². The van der Waals surface area contributed by atoms with Gasteiger partial charge in [-0.15, -0.1) is 0 Å². The number of hydrogen-bond donors (Lipinski definition) is 0. The fourth-order valence-corrected chi connectivity index (χ4v) is 6.67. The van der Waals surface area contributed by atoms with Gasteiger partial charge >= 0.3 is 6.09 Å². The molecule has 2 heterocycles. The zero-order chi connectivity index (χ0) is 28.2. The number of benzene rings is 2. The minimum absolute atomic E-state index is 0.0600. The van der Waals surface area contributed by atoms with Crippen molar-refractivity contribution in [1.29, 1.82) is 0 Å². The SMILES string of the molecule is CCOC(=O)N1CCN(S(=O)(=O)c2ccc(C(=O)N(CCCN(C)C)c3nc4c(F)cccc4s3)cc2)CC1. The number of aromatic nitrogens is 1. The third-order valence-electron chi connectivity index (χ3n) is 6.33. The number of thiazole rings is 1. The first kappa shape index (κ1) is 28.9. The zero-order valence-electron chi connectivity index (χ0n) is 22.2. The molecule has 210 valence electrons. The van der Waals surface area contributed by atoms with E-state index in [1.54, 1.807) is 19.1 Å². The maximum Gasteiger partial charge on any atom is 0.409 e. The van der Waals surface area contributed by atoms with Gasteiger partial charge < -0.3 is 14.5 Å². The molecule has 39 heavy (non-hydrogen) atoms. The monoisotopic (exact) mass is 577 g/mol. The number of halogens is 1. The van der Waals surface area contributed by atoms with Crippen LogP contribution in [0.25, 0.3) is 10.2 Å². The normalized spacial score (nSPS) is 14.6. The molecule has 0 radical (unpaired) electrons. The number of hydrogen-bond acceptors (Lipinski definition) is 8. The quantitative estimate of drug-likeness (QED) is 0.384. The van der Waals surface area contributed by atoms with Gasteiger partial charge in [-0.3, -0.25) is 9.69 Å². The fourth-order valence-electron chi connectivity index (χ4n) is 4.25. The summed E-state index contributed by atoms with van der Waals surface area (Å²) in [5.74, 6) is -0.798. The summed E-state index contributed by atoms with van der Waals surface area (Å²) in [6.45, 7) is 3.84. The van der Waals surface area contributed by atoms with Crippen molar-refractivity contribution in [1.82, 2.24) is 19.1 Å². The lowest BCUT2D eigenvalue weighted by atomic mass is 10.2. The van der Waals surface area contributed by atoms with Crippen LogP contribution in [0.15, 0.2) is 47.4 Å². The Morgan fingerprint density at radius 2 is 1.74 bits per heavy atom. The summed E-state index contributed by atoms with van der Waals surface area (Å²) >= 11 is 1.23. The Kier molecular flexibility index (Phi) is 9.15. The molecule has 10 nitrogen and oxygen atoms in total. The summed E-state index contributed by atoms with van der Waals surface area (Å²) in [4.78, 5) is 35.0. The topological polar surface area (TPSA) is 103 Å². The molecule has 0 atom stereocenters. The number of sulfonamides is 1. The molecule has 0 saturated carbocycles. The molecule has 0 bridgehead atoms. The highest BCUT2D eigenvalue weighted by Gasteiger charge is 2.31. The average Bonchev–Trinajstić information content (AvgIpc) is 3.36. The summed E-state index contributed by atoms with van der Waals surface area (Å²) in [7, 11) is 0.0672. The van der Waals surface area contributed by atoms with Gasteiger partial charge in [-0.1, -0.05) is 17.4 Å². The van der Waals surface area contributed by atoms with Crippen molar-refractivity contribution in [2.45, 2.75) is 18.2 Å². The molecule has 3 aromatic rings. The third-order valence-corrected chi connectivity index (χ3v) is 9.28. The highest BCUT2D eigenvalue weighted by molar-refractivity contribution is 7.89. The fraction of sp³-hybridized carbons (Fsp3) is 0.423. The minimum Gasteiger partial charge on any atom is -0.450 e. The summed E-state index contributed by atoms with van der Waals surface area (Å²) in [6.07, 6.45) is 0.213. The minimum atomic E-state index is -3.81. The van der Waals surface area contributed by atoms with Crippen molar-refractivity contribution in [3.8, 4) is 0 Å². The standard InChI is InChI=1S/C26H32FN5O5S2/c1-4-37-26(34)30-15-17-31(18-16-30)39(35,36)20-11-9-19(10-12-20)24(33)32(14-6-13-29(2)3)25-28-23-21(27)7-5-8-22(23)38-25/h5,7-12H,4,6,13-18H2,1-3H3. The average molecular weight is 578 g/mol. The van der Waals surface area contributed by atoms with E-state index in [0.717, 1.165) is 6.54 Å². The summed E-state index contributed by atoms with van der Waals surface area (Å²) in [6, 6.07) is 10.5. The zero-order valence-corrected chi connectivity index (χ0v) is 23.8. The van der Waals surface area contributed by atoms with Crippen molar-refractivity contribution < 1.29 is 27.1 Å². The Morgan fingerprint density at radius 3 is 2.36 bits per heavy atom. The number of para-hydroxylation sites is 1. The summed E-state index contributed by atoms with van der Waals surface area (Å²) < 4.78 is 47.7. The number of rotatable bonds is 9. The van der Waals surface area contributed by atoms with E-state index in [2.05, 4.69) is 4.98 Å². The lowest BCUT2D eigenvalue weighted by molar-refractivity contribution is 0.0933. The van der Waals surface area contributed by atoms with Gasteiger partial charge in [0, 0.05) is 38.3 Å². The third kappa shape index (κ3) is 6.55. The molecule has 1 saturated heterocycles. The second-order valence-corrected chi connectivity index (χ2v) is 12.3. The molecule has 1 aliphatic rings. The van der Waals surface area contributed by atoms with E-state index < -0.39 is 21.9 Å². The lowest BCUT2D eigenvalue weighted by Gasteiger charge is -2.33.